The fourth-order valence-electron chi connectivity index (χ4n) is 3.10. The predicted octanol–water partition coefficient (Wildman–Crippen LogP) is 0.640. The van der Waals surface area contributed by atoms with Crippen LogP contribution < -0.4 is 16.1 Å². The van der Waals surface area contributed by atoms with E-state index < -0.39 is 0 Å². The molecule has 1 aromatic rings. The number of likely N-dealkylation sites (N-methyl/N-ethyl adjacent to an activating group) is 1. The Morgan fingerprint density at radius 3 is 3.04 bits per heavy atom. The Kier molecular flexibility index (Phi) is 6.07. The van der Waals surface area contributed by atoms with E-state index in [1.54, 1.807) is 7.05 Å². The van der Waals surface area contributed by atoms with Gasteiger partial charge in [0.05, 0.1) is 11.8 Å². The SMILES string of the molecule is CNC(=O)CSc1nonc1C(=NC1CCC2=C1CC(NC)C=C2)NO. The highest BCUT2D eigenvalue weighted by Crippen LogP contribution is 2.36. The smallest absolute Gasteiger partial charge is 0.230 e. The molecule has 10 heteroatoms. The second-order valence-corrected chi connectivity index (χ2v) is 7.00. The van der Waals surface area contributed by atoms with Gasteiger partial charge >= 0.3 is 0 Å². The maximum Gasteiger partial charge on any atom is 0.230 e. The molecule has 0 aromatic carbocycles. The Labute approximate surface area is 155 Å². The van der Waals surface area contributed by atoms with Gasteiger partial charge in [0.25, 0.3) is 0 Å². The van der Waals surface area contributed by atoms with Crippen LogP contribution in [0.4, 0.5) is 0 Å². The van der Waals surface area contributed by atoms with Crippen molar-refractivity contribution in [2.45, 2.75) is 36.4 Å². The van der Waals surface area contributed by atoms with Gasteiger partial charge in [-0.1, -0.05) is 23.9 Å². The van der Waals surface area contributed by atoms with E-state index in [-0.39, 0.29) is 23.5 Å². The molecule has 1 aromatic heterocycles. The molecule has 9 nitrogen and oxygen atoms in total. The van der Waals surface area contributed by atoms with E-state index in [4.69, 9.17) is 4.63 Å². The summed E-state index contributed by atoms with van der Waals surface area (Å²) in [5.74, 6) is 0.223. The van der Waals surface area contributed by atoms with Crippen LogP contribution in [-0.2, 0) is 4.79 Å². The zero-order chi connectivity index (χ0) is 18.5. The van der Waals surface area contributed by atoms with Crippen LogP contribution in [-0.4, -0.2) is 59.2 Å². The number of nitrogens with one attached hydrogen (secondary N) is 3. The highest BCUT2D eigenvalue weighted by molar-refractivity contribution is 8.00. The minimum Gasteiger partial charge on any atom is -0.358 e. The Bertz CT molecular complexity index is 757. The summed E-state index contributed by atoms with van der Waals surface area (Å²) in [6.07, 6.45) is 7.06. The first-order valence-electron chi connectivity index (χ1n) is 8.37. The summed E-state index contributed by atoms with van der Waals surface area (Å²) in [5, 5.41) is 23.4. The Balaban J connectivity index is 1.79. The van der Waals surface area contributed by atoms with Crippen molar-refractivity contribution in [3.05, 3.63) is 29.0 Å². The van der Waals surface area contributed by atoms with Crippen LogP contribution in [0.1, 0.15) is 25.0 Å². The van der Waals surface area contributed by atoms with Crippen LogP contribution in [0.5, 0.6) is 0 Å². The van der Waals surface area contributed by atoms with E-state index in [2.05, 4.69) is 43.6 Å². The van der Waals surface area contributed by atoms with Gasteiger partial charge in [0.15, 0.2) is 16.6 Å². The number of aliphatic imine (C=N–C) groups is 1. The fourth-order valence-corrected chi connectivity index (χ4v) is 3.87. The normalized spacial score (nSPS) is 22.5. The third-order valence-electron chi connectivity index (χ3n) is 4.53. The van der Waals surface area contributed by atoms with Gasteiger partial charge < -0.3 is 10.6 Å². The maximum atomic E-state index is 11.4. The summed E-state index contributed by atoms with van der Waals surface area (Å²) < 4.78 is 4.78. The molecule has 0 fully saturated rings. The van der Waals surface area contributed by atoms with Crippen molar-refractivity contribution in [2.75, 3.05) is 19.8 Å². The zero-order valence-corrected chi connectivity index (χ0v) is 15.5. The summed E-state index contributed by atoms with van der Waals surface area (Å²) in [6.45, 7) is 0. The summed E-state index contributed by atoms with van der Waals surface area (Å²) in [4.78, 5) is 16.1. The number of rotatable bonds is 6. The van der Waals surface area contributed by atoms with Crippen molar-refractivity contribution in [3.8, 4) is 0 Å². The highest BCUT2D eigenvalue weighted by atomic mass is 32.2. The first-order chi connectivity index (χ1) is 12.7. The van der Waals surface area contributed by atoms with Crippen molar-refractivity contribution in [3.63, 3.8) is 0 Å². The van der Waals surface area contributed by atoms with Gasteiger partial charge in [-0.05, 0) is 47.8 Å². The average molecular weight is 378 g/mol. The standard InChI is InChI=1S/C16H22N6O3S/c1-17-10-5-3-9-4-6-12(11(9)7-10)19-15(20-24)14-16(22-25-21-14)26-8-13(23)18-2/h3,5,10,12,17,24H,4,6-8H2,1-2H3,(H,18,23)(H,19,20). The molecule has 2 aliphatic rings. The van der Waals surface area contributed by atoms with Crippen LogP contribution in [0.2, 0.25) is 0 Å². The number of amides is 1. The van der Waals surface area contributed by atoms with Gasteiger partial charge in [0, 0.05) is 13.1 Å². The average Bonchev–Trinajstić information content (AvgIpc) is 3.30. The van der Waals surface area contributed by atoms with Crippen molar-refractivity contribution >= 4 is 23.5 Å². The second kappa shape index (κ2) is 8.47. The molecule has 1 amide bonds. The van der Waals surface area contributed by atoms with E-state index in [1.807, 2.05) is 7.05 Å². The molecule has 140 valence electrons. The van der Waals surface area contributed by atoms with Crippen LogP contribution in [0.15, 0.2) is 37.9 Å². The number of nitrogens with zero attached hydrogens (tertiary/aromatic N) is 3. The number of carbonyl (C=O) groups is 1. The maximum absolute atomic E-state index is 11.4. The van der Waals surface area contributed by atoms with Crippen LogP contribution in [0, 0.1) is 0 Å². The molecule has 4 N–H and O–H groups in total. The largest absolute Gasteiger partial charge is 0.358 e. The number of carbonyl (C=O) groups excluding carboxylic acids is 1. The molecule has 0 saturated carbocycles. The minimum atomic E-state index is -0.142. The molecule has 2 aliphatic carbocycles. The Morgan fingerprint density at radius 1 is 1.46 bits per heavy atom. The lowest BCUT2D eigenvalue weighted by molar-refractivity contribution is -0.118. The van der Waals surface area contributed by atoms with Crippen molar-refractivity contribution in [1.82, 2.24) is 26.4 Å². The molecular weight excluding hydrogens is 356 g/mol. The fraction of sp³-hybridized carbons (Fsp3) is 0.500. The molecule has 0 bridgehead atoms. The number of amidine groups is 1. The first-order valence-corrected chi connectivity index (χ1v) is 9.36. The molecule has 0 radical (unpaired) electrons. The van der Waals surface area contributed by atoms with Gasteiger partial charge in [-0.25, -0.2) is 4.63 Å². The van der Waals surface area contributed by atoms with Crippen molar-refractivity contribution in [2.24, 2.45) is 4.99 Å². The van der Waals surface area contributed by atoms with Gasteiger partial charge in [0.2, 0.25) is 5.91 Å². The van der Waals surface area contributed by atoms with Gasteiger partial charge in [-0.2, -0.15) is 0 Å². The van der Waals surface area contributed by atoms with E-state index in [0.29, 0.717) is 16.8 Å². The number of thioether (sulfide) groups is 1. The summed E-state index contributed by atoms with van der Waals surface area (Å²) in [5.41, 5.74) is 5.00. The van der Waals surface area contributed by atoms with Crippen LogP contribution >= 0.6 is 11.8 Å². The molecular formula is C16H22N6O3S. The molecule has 2 atom stereocenters. The van der Waals surface area contributed by atoms with E-state index in [9.17, 15) is 10.0 Å². The first kappa shape index (κ1) is 18.6. The molecule has 3 rings (SSSR count). The van der Waals surface area contributed by atoms with Crippen molar-refractivity contribution < 1.29 is 14.6 Å². The van der Waals surface area contributed by atoms with E-state index in [1.165, 1.54) is 22.9 Å². The molecule has 26 heavy (non-hydrogen) atoms. The number of hydroxylamine groups is 1. The molecule has 0 aliphatic heterocycles. The number of allylic oxidation sites excluding steroid dienone is 2. The van der Waals surface area contributed by atoms with Gasteiger partial charge in [-0.15, -0.1) is 0 Å². The summed E-state index contributed by atoms with van der Waals surface area (Å²) >= 11 is 1.17. The summed E-state index contributed by atoms with van der Waals surface area (Å²) in [7, 11) is 3.50. The quantitative estimate of drug-likeness (QED) is 0.246. The third-order valence-corrected chi connectivity index (χ3v) is 5.48. The van der Waals surface area contributed by atoms with E-state index in [0.717, 1.165) is 19.3 Å². The predicted molar refractivity (Wildman–Crippen MR) is 97.2 cm³/mol. The molecule has 2 unspecified atom stereocenters. The highest BCUT2D eigenvalue weighted by Gasteiger charge is 2.29. The minimum absolute atomic E-state index is 0.0334. The lowest BCUT2D eigenvalue weighted by Crippen LogP contribution is -2.28. The van der Waals surface area contributed by atoms with Crippen LogP contribution in [0.3, 0.4) is 0 Å². The molecule has 1 heterocycles. The Morgan fingerprint density at radius 2 is 2.31 bits per heavy atom. The van der Waals surface area contributed by atoms with Crippen LogP contribution in [0.25, 0.3) is 0 Å². The van der Waals surface area contributed by atoms with E-state index >= 15 is 0 Å². The monoisotopic (exact) mass is 378 g/mol. The molecule has 0 saturated heterocycles. The zero-order valence-electron chi connectivity index (χ0n) is 14.7. The Hall–Kier alpha value is -2.17. The second-order valence-electron chi connectivity index (χ2n) is 6.03. The number of hydrogen-bond acceptors (Lipinski definition) is 8. The number of hydrogen-bond donors (Lipinski definition) is 4. The summed E-state index contributed by atoms with van der Waals surface area (Å²) in [6, 6.07) is 0.261. The third kappa shape index (κ3) is 3.97. The number of aromatic nitrogens is 2. The van der Waals surface area contributed by atoms with Gasteiger partial charge in [0.1, 0.15) is 0 Å². The lowest BCUT2D eigenvalue weighted by atomic mass is 9.94. The van der Waals surface area contributed by atoms with Crippen molar-refractivity contribution in [1.29, 1.82) is 0 Å². The molecule has 0 spiro atoms. The lowest BCUT2D eigenvalue weighted by Gasteiger charge is -2.21. The topological polar surface area (TPSA) is 125 Å². The van der Waals surface area contributed by atoms with Gasteiger partial charge in [-0.3, -0.25) is 20.5 Å².